The van der Waals surface area contributed by atoms with Gasteiger partial charge in [-0.05, 0) is 24.6 Å². The average molecular weight is 248 g/mol. The second-order valence-electron chi connectivity index (χ2n) is 2.97. The Morgan fingerprint density at radius 2 is 1.76 bits per heavy atom. The van der Waals surface area contributed by atoms with E-state index in [1.807, 2.05) is 13.8 Å². The first-order chi connectivity index (χ1) is 7.88. The van der Waals surface area contributed by atoms with Gasteiger partial charge in [0.05, 0.1) is 18.2 Å². The van der Waals surface area contributed by atoms with Crippen molar-refractivity contribution in [2.45, 2.75) is 26.9 Å². The molecule has 0 aliphatic heterocycles. The molecule has 5 heteroatoms. The lowest BCUT2D eigenvalue weighted by atomic mass is 10.0. The highest BCUT2D eigenvalue weighted by molar-refractivity contribution is 5.91. The maximum Gasteiger partial charge on any atom is 0.416 e. The minimum absolute atomic E-state index is 0.0627. The van der Waals surface area contributed by atoms with E-state index in [4.69, 9.17) is 0 Å². The molecule has 0 heterocycles. The third-order valence-electron chi connectivity index (χ3n) is 2.04. The molecule has 1 rings (SSSR count). The molecule has 96 valence electrons. The van der Waals surface area contributed by atoms with Gasteiger partial charge in [-0.15, -0.1) is 0 Å². The first kappa shape index (κ1) is 15.5. The molecule has 1 aromatic carbocycles. The van der Waals surface area contributed by atoms with E-state index >= 15 is 0 Å². The zero-order valence-corrected chi connectivity index (χ0v) is 10.2. The van der Waals surface area contributed by atoms with Gasteiger partial charge in [-0.1, -0.05) is 19.9 Å². The van der Waals surface area contributed by atoms with Crippen molar-refractivity contribution in [1.82, 2.24) is 0 Å². The van der Waals surface area contributed by atoms with Crippen LogP contribution in [0.25, 0.3) is 0 Å². The summed E-state index contributed by atoms with van der Waals surface area (Å²) in [6.07, 6.45) is -4.45. The summed E-state index contributed by atoms with van der Waals surface area (Å²) in [5.41, 5.74) is -0.991. The molecule has 0 saturated heterocycles. The Morgan fingerprint density at radius 3 is 2.18 bits per heavy atom. The minimum Gasteiger partial charge on any atom is -0.465 e. The van der Waals surface area contributed by atoms with Crippen molar-refractivity contribution in [3.05, 3.63) is 34.9 Å². The first-order valence-electron chi connectivity index (χ1n) is 5.13. The lowest BCUT2D eigenvalue weighted by molar-refractivity contribution is -0.138. The van der Waals surface area contributed by atoms with Gasteiger partial charge in [0.15, 0.2) is 0 Å². The number of ether oxygens (including phenoxy) is 1. The summed E-state index contributed by atoms with van der Waals surface area (Å²) >= 11 is 0. The predicted molar refractivity (Wildman–Crippen MR) is 58.9 cm³/mol. The molecule has 0 aliphatic carbocycles. The predicted octanol–water partition coefficient (Wildman–Crippen LogP) is 3.83. The van der Waals surface area contributed by atoms with Crippen LogP contribution in [0, 0.1) is 6.92 Å². The summed E-state index contributed by atoms with van der Waals surface area (Å²) < 4.78 is 41.7. The summed E-state index contributed by atoms with van der Waals surface area (Å²) in [4.78, 5) is 11.1. The van der Waals surface area contributed by atoms with Crippen molar-refractivity contribution in [3.8, 4) is 0 Å². The standard InChI is InChI=1S/C10H9F3O2.C2H6/c1-6-7(9(14)15-2)4-3-5-8(6)10(11,12)13;1-2/h3-5H,1-2H3;1-2H3. The van der Waals surface area contributed by atoms with E-state index in [1.54, 1.807) is 0 Å². The fourth-order valence-corrected chi connectivity index (χ4v) is 1.27. The van der Waals surface area contributed by atoms with E-state index in [0.29, 0.717) is 0 Å². The largest absolute Gasteiger partial charge is 0.465 e. The molecule has 0 radical (unpaired) electrons. The number of hydrogen-bond acceptors (Lipinski definition) is 2. The minimum atomic E-state index is -4.45. The van der Waals surface area contributed by atoms with Crippen LogP contribution < -0.4 is 0 Å². The number of esters is 1. The molecule has 0 spiro atoms. The zero-order chi connectivity index (χ0) is 13.6. The fraction of sp³-hybridized carbons (Fsp3) is 0.417. The highest BCUT2D eigenvalue weighted by atomic mass is 19.4. The van der Waals surface area contributed by atoms with Crippen LogP contribution in [0.4, 0.5) is 13.2 Å². The van der Waals surface area contributed by atoms with E-state index in [0.717, 1.165) is 13.2 Å². The van der Waals surface area contributed by atoms with Crippen LogP contribution in [-0.4, -0.2) is 13.1 Å². The van der Waals surface area contributed by atoms with Gasteiger partial charge in [-0.2, -0.15) is 13.2 Å². The van der Waals surface area contributed by atoms with Crippen LogP contribution in [0.5, 0.6) is 0 Å². The van der Waals surface area contributed by atoms with Gasteiger partial charge in [0.25, 0.3) is 0 Å². The molecule has 0 unspecified atom stereocenters. The van der Waals surface area contributed by atoms with E-state index in [9.17, 15) is 18.0 Å². The number of benzene rings is 1. The molecule has 0 bridgehead atoms. The van der Waals surface area contributed by atoms with E-state index in [-0.39, 0.29) is 11.1 Å². The van der Waals surface area contributed by atoms with E-state index in [2.05, 4.69) is 4.74 Å². The summed E-state index contributed by atoms with van der Waals surface area (Å²) in [5, 5.41) is 0. The van der Waals surface area contributed by atoms with Gasteiger partial charge in [-0.25, -0.2) is 4.79 Å². The van der Waals surface area contributed by atoms with E-state index < -0.39 is 17.7 Å². The van der Waals surface area contributed by atoms with Gasteiger partial charge < -0.3 is 4.74 Å². The molecule has 0 atom stereocenters. The zero-order valence-electron chi connectivity index (χ0n) is 10.2. The van der Waals surface area contributed by atoms with Crippen LogP contribution in [0.1, 0.15) is 35.3 Å². The van der Waals surface area contributed by atoms with Gasteiger partial charge in [0, 0.05) is 0 Å². The van der Waals surface area contributed by atoms with Gasteiger partial charge in [-0.3, -0.25) is 0 Å². The Bertz CT molecular complexity index is 384. The Morgan fingerprint density at radius 1 is 1.24 bits per heavy atom. The molecule has 0 amide bonds. The molecule has 0 saturated carbocycles. The van der Waals surface area contributed by atoms with Crippen molar-refractivity contribution in [3.63, 3.8) is 0 Å². The smallest absolute Gasteiger partial charge is 0.416 e. The van der Waals surface area contributed by atoms with Gasteiger partial charge in [0.1, 0.15) is 0 Å². The first-order valence-corrected chi connectivity index (χ1v) is 5.13. The van der Waals surface area contributed by atoms with Crippen LogP contribution in [0.15, 0.2) is 18.2 Å². The van der Waals surface area contributed by atoms with Crippen molar-refractivity contribution in [1.29, 1.82) is 0 Å². The molecule has 0 N–H and O–H groups in total. The highest BCUT2D eigenvalue weighted by Crippen LogP contribution is 2.32. The number of rotatable bonds is 1. The number of halogens is 3. The third-order valence-corrected chi connectivity index (χ3v) is 2.04. The molecule has 1 aromatic rings. The number of methoxy groups -OCH3 is 1. The summed E-state index contributed by atoms with van der Waals surface area (Å²) in [7, 11) is 1.13. The molecular weight excluding hydrogens is 233 g/mol. The molecule has 17 heavy (non-hydrogen) atoms. The molecular formula is C12H15F3O2. The molecule has 0 fully saturated rings. The average Bonchev–Trinajstić information content (AvgIpc) is 2.29. The quantitative estimate of drug-likeness (QED) is 0.706. The fourth-order valence-electron chi connectivity index (χ4n) is 1.27. The summed E-state index contributed by atoms with van der Waals surface area (Å²) in [5.74, 6) is -0.765. The van der Waals surface area contributed by atoms with Gasteiger partial charge in [0.2, 0.25) is 0 Å². The van der Waals surface area contributed by atoms with Crippen molar-refractivity contribution in [2.24, 2.45) is 0 Å². The lowest BCUT2D eigenvalue weighted by Gasteiger charge is -2.12. The maximum absolute atomic E-state index is 12.4. The summed E-state index contributed by atoms with van der Waals surface area (Å²) in [6.45, 7) is 5.25. The van der Waals surface area contributed by atoms with Crippen LogP contribution >= 0.6 is 0 Å². The lowest BCUT2D eigenvalue weighted by Crippen LogP contribution is -2.12. The second-order valence-corrected chi connectivity index (χ2v) is 2.97. The number of carbonyl (C=O) groups excluding carboxylic acids is 1. The Labute approximate surface area is 98.4 Å². The maximum atomic E-state index is 12.4. The SMILES string of the molecule is CC.COC(=O)c1cccc(C(F)(F)F)c1C. The monoisotopic (exact) mass is 248 g/mol. The van der Waals surface area contributed by atoms with Crippen molar-refractivity contribution >= 4 is 5.97 Å². The highest BCUT2D eigenvalue weighted by Gasteiger charge is 2.33. The van der Waals surface area contributed by atoms with Gasteiger partial charge >= 0.3 is 12.1 Å². The summed E-state index contributed by atoms with van der Waals surface area (Å²) in [6, 6.07) is 3.42. The Balaban J connectivity index is 0.00000121. The number of carbonyl (C=O) groups is 1. The number of hydrogen-bond donors (Lipinski definition) is 0. The second kappa shape index (κ2) is 6.27. The van der Waals surface area contributed by atoms with Crippen LogP contribution in [0.3, 0.4) is 0 Å². The topological polar surface area (TPSA) is 26.3 Å². The van der Waals surface area contributed by atoms with Crippen LogP contribution in [-0.2, 0) is 10.9 Å². The molecule has 2 nitrogen and oxygen atoms in total. The van der Waals surface area contributed by atoms with E-state index in [1.165, 1.54) is 19.1 Å². The van der Waals surface area contributed by atoms with Crippen molar-refractivity contribution < 1.29 is 22.7 Å². The van der Waals surface area contributed by atoms with Crippen molar-refractivity contribution in [2.75, 3.05) is 7.11 Å². The van der Waals surface area contributed by atoms with Crippen LogP contribution in [0.2, 0.25) is 0 Å². The normalized spacial score (nSPS) is 10.3. The molecule has 0 aromatic heterocycles. The number of alkyl halides is 3. The molecule has 0 aliphatic rings. The Kier molecular flexibility index (Phi) is 5.71. The third kappa shape index (κ3) is 3.76. The Hall–Kier alpha value is -1.52.